The fourth-order valence-electron chi connectivity index (χ4n) is 2.12. The lowest BCUT2D eigenvalue weighted by atomic mass is 10.3. The summed E-state index contributed by atoms with van der Waals surface area (Å²) in [6.07, 6.45) is 2.16. The van der Waals surface area contributed by atoms with Crippen LogP contribution in [0.3, 0.4) is 0 Å². The molecule has 0 atom stereocenters. The number of benzene rings is 2. The van der Waals surface area contributed by atoms with Crippen LogP contribution in [0.15, 0.2) is 60.7 Å². The maximum Gasteiger partial charge on any atom is 0.326 e. The third-order valence-electron chi connectivity index (χ3n) is 3.19. The summed E-state index contributed by atoms with van der Waals surface area (Å²) in [5.74, 6) is 0. The van der Waals surface area contributed by atoms with Crippen molar-refractivity contribution >= 4 is 17.4 Å². The number of rotatable bonds is 3. The van der Waals surface area contributed by atoms with E-state index in [2.05, 4.69) is 5.32 Å². The van der Waals surface area contributed by atoms with Gasteiger partial charge in [0.1, 0.15) is 0 Å². The molecule has 1 aliphatic carbocycles. The predicted octanol–water partition coefficient (Wildman–Crippen LogP) is 3.89. The van der Waals surface area contributed by atoms with Crippen LogP contribution in [0.5, 0.6) is 0 Å². The maximum atomic E-state index is 12.4. The smallest absolute Gasteiger partial charge is 0.308 e. The van der Waals surface area contributed by atoms with Crippen LogP contribution < -0.4 is 10.2 Å². The molecule has 0 bridgehead atoms. The first-order valence-corrected chi connectivity index (χ1v) is 6.55. The molecule has 2 aromatic rings. The number of urea groups is 1. The van der Waals surface area contributed by atoms with Crippen molar-refractivity contribution < 1.29 is 4.79 Å². The SMILES string of the molecule is O=C(Nc1ccccc1)N(c1ccccc1)C1CC1. The molecule has 96 valence electrons. The van der Waals surface area contributed by atoms with Gasteiger partial charge in [-0.05, 0) is 37.1 Å². The molecule has 2 aromatic carbocycles. The first-order valence-electron chi connectivity index (χ1n) is 6.55. The summed E-state index contributed by atoms with van der Waals surface area (Å²) in [4.78, 5) is 14.3. The zero-order chi connectivity index (χ0) is 13.1. The molecule has 1 aliphatic rings. The molecule has 1 saturated carbocycles. The van der Waals surface area contributed by atoms with Gasteiger partial charge in [-0.2, -0.15) is 0 Å². The van der Waals surface area contributed by atoms with E-state index in [0.29, 0.717) is 6.04 Å². The van der Waals surface area contributed by atoms with Crippen LogP contribution in [0.4, 0.5) is 16.2 Å². The average Bonchev–Trinajstić information content (AvgIpc) is 3.26. The molecule has 19 heavy (non-hydrogen) atoms. The van der Waals surface area contributed by atoms with E-state index in [1.165, 1.54) is 0 Å². The fraction of sp³-hybridized carbons (Fsp3) is 0.188. The second-order valence-electron chi connectivity index (χ2n) is 4.73. The Hall–Kier alpha value is -2.29. The molecular formula is C16H16N2O. The van der Waals surface area contributed by atoms with Crippen LogP contribution in [0, 0.1) is 0 Å². The summed E-state index contributed by atoms with van der Waals surface area (Å²) >= 11 is 0. The Morgan fingerprint density at radius 1 is 0.947 bits per heavy atom. The van der Waals surface area contributed by atoms with Gasteiger partial charge in [0.2, 0.25) is 0 Å². The molecule has 1 N–H and O–H groups in total. The topological polar surface area (TPSA) is 32.3 Å². The molecule has 0 radical (unpaired) electrons. The van der Waals surface area contributed by atoms with E-state index in [4.69, 9.17) is 0 Å². The second-order valence-corrected chi connectivity index (χ2v) is 4.73. The monoisotopic (exact) mass is 252 g/mol. The molecule has 3 heteroatoms. The molecule has 3 nitrogen and oxygen atoms in total. The Morgan fingerprint density at radius 2 is 1.53 bits per heavy atom. The van der Waals surface area contributed by atoms with E-state index in [0.717, 1.165) is 24.2 Å². The van der Waals surface area contributed by atoms with Crippen molar-refractivity contribution in [2.75, 3.05) is 10.2 Å². The Balaban J connectivity index is 1.79. The molecular weight excluding hydrogens is 236 g/mol. The van der Waals surface area contributed by atoms with Crippen molar-refractivity contribution in [3.8, 4) is 0 Å². The number of carbonyl (C=O) groups is 1. The first-order chi connectivity index (χ1) is 9.34. The van der Waals surface area contributed by atoms with Crippen LogP contribution in [0.25, 0.3) is 0 Å². The minimum atomic E-state index is -0.0556. The van der Waals surface area contributed by atoms with E-state index < -0.39 is 0 Å². The first kappa shape index (κ1) is 11.8. The predicted molar refractivity (Wildman–Crippen MR) is 77.4 cm³/mol. The Morgan fingerprint density at radius 3 is 2.11 bits per heavy atom. The molecule has 0 saturated heterocycles. The van der Waals surface area contributed by atoms with Crippen molar-refractivity contribution in [1.29, 1.82) is 0 Å². The van der Waals surface area contributed by atoms with Crippen LogP contribution in [0.1, 0.15) is 12.8 Å². The van der Waals surface area contributed by atoms with Crippen molar-refractivity contribution in [2.45, 2.75) is 18.9 Å². The molecule has 0 aliphatic heterocycles. The van der Waals surface area contributed by atoms with Gasteiger partial charge in [-0.15, -0.1) is 0 Å². The number of amides is 2. The van der Waals surface area contributed by atoms with Crippen LogP contribution in [0.2, 0.25) is 0 Å². The van der Waals surface area contributed by atoms with E-state index >= 15 is 0 Å². The van der Waals surface area contributed by atoms with Gasteiger partial charge in [-0.25, -0.2) is 4.79 Å². The van der Waals surface area contributed by atoms with E-state index in [1.807, 2.05) is 65.6 Å². The molecule has 0 aromatic heterocycles. The molecule has 2 amide bonds. The van der Waals surface area contributed by atoms with Crippen molar-refractivity contribution in [3.05, 3.63) is 60.7 Å². The largest absolute Gasteiger partial charge is 0.326 e. The molecule has 0 spiro atoms. The molecule has 0 heterocycles. The Bertz CT molecular complexity index is 549. The lowest BCUT2D eigenvalue weighted by molar-refractivity contribution is 0.256. The Kier molecular flexibility index (Phi) is 3.19. The van der Waals surface area contributed by atoms with Crippen LogP contribution >= 0.6 is 0 Å². The maximum absolute atomic E-state index is 12.4. The number of carbonyl (C=O) groups excluding carboxylic acids is 1. The number of hydrogen-bond acceptors (Lipinski definition) is 1. The Labute approximate surface area is 112 Å². The summed E-state index contributed by atoms with van der Waals surface area (Å²) in [6.45, 7) is 0. The quantitative estimate of drug-likeness (QED) is 0.883. The van der Waals surface area contributed by atoms with Gasteiger partial charge in [-0.1, -0.05) is 36.4 Å². The van der Waals surface area contributed by atoms with Gasteiger partial charge in [-0.3, -0.25) is 4.90 Å². The van der Waals surface area contributed by atoms with Gasteiger partial charge in [0.15, 0.2) is 0 Å². The van der Waals surface area contributed by atoms with E-state index in [9.17, 15) is 4.79 Å². The summed E-state index contributed by atoms with van der Waals surface area (Å²) in [7, 11) is 0. The number of para-hydroxylation sites is 2. The van der Waals surface area contributed by atoms with Gasteiger partial charge < -0.3 is 5.32 Å². The molecule has 1 fully saturated rings. The summed E-state index contributed by atoms with van der Waals surface area (Å²) in [5.41, 5.74) is 1.78. The number of anilines is 2. The van der Waals surface area contributed by atoms with Crippen molar-refractivity contribution in [3.63, 3.8) is 0 Å². The highest BCUT2D eigenvalue weighted by atomic mass is 16.2. The number of nitrogens with one attached hydrogen (secondary N) is 1. The molecule has 3 rings (SSSR count). The van der Waals surface area contributed by atoms with Gasteiger partial charge in [0, 0.05) is 17.4 Å². The third-order valence-corrected chi connectivity index (χ3v) is 3.19. The average molecular weight is 252 g/mol. The van der Waals surface area contributed by atoms with Crippen LogP contribution in [-0.2, 0) is 0 Å². The lowest BCUT2D eigenvalue weighted by Crippen LogP contribution is -2.36. The fourth-order valence-corrected chi connectivity index (χ4v) is 2.12. The highest BCUT2D eigenvalue weighted by Gasteiger charge is 2.33. The normalized spacial score (nSPS) is 13.9. The summed E-state index contributed by atoms with van der Waals surface area (Å²) < 4.78 is 0. The molecule has 0 unspecified atom stereocenters. The highest BCUT2D eigenvalue weighted by molar-refractivity contribution is 6.02. The van der Waals surface area contributed by atoms with Gasteiger partial charge >= 0.3 is 6.03 Å². The summed E-state index contributed by atoms with van der Waals surface area (Å²) in [6, 6.07) is 19.7. The van der Waals surface area contributed by atoms with Crippen LogP contribution in [-0.4, -0.2) is 12.1 Å². The highest BCUT2D eigenvalue weighted by Crippen LogP contribution is 2.32. The van der Waals surface area contributed by atoms with Crippen molar-refractivity contribution in [2.24, 2.45) is 0 Å². The van der Waals surface area contributed by atoms with Gasteiger partial charge in [0.05, 0.1) is 0 Å². The standard InChI is InChI=1S/C16H16N2O/c19-16(17-13-7-3-1-4-8-13)18(15-11-12-15)14-9-5-2-6-10-14/h1-10,15H,11-12H2,(H,17,19). The number of nitrogens with zero attached hydrogens (tertiary/aromatic N) is 1. The zero-order valence-electron chi connectivity index (χ0n) is 10.6. The number of hydrogen-bond donors (Lipinski definition) is 1. The third kappa shape index (κ3) is 2.76. The zero-order valence-corrected chi connectivity index (χ0v) is 10.6. The summed E-state index contributed by atoms with van der Waals surface area (Å²) in [5, 5.41) is 2.95. The lowest BCUT2D eigenvalue weighted by Gasteiger charge is -2.23. The second kappa shape index (κ2) is 5.14. The minimum Gasteiger partial charge on any atom is -0.308 e. The van der Waals surface area contributed by atoms with E-state index in [-0.39, 0.29) is 6.03 Å². The van der Waals surface area contributed by atoms with Crippen molar-refractivity contribution in [1.82, 2.24) is 0 Å². The van der Waals surface area contributed by atoms with Gasteiger partial charge in [0.25, 0.3) is 0 Å². The minimum absolute atomic E-state index is 0.0556. The van der Waals surface area contributed by atoms with E-state index in [1.54, 1.807) is 0 Å².